The number of hydrogen-bond acceptors (Lipinski definition) is 7. The number of nitrogens with zero attached hydrogens (tertiary/aromatic N) is 1. The Morgan fingerprint density at radius 3 is 2.68 bits per heavy atom. The minimum atomic E-state index is -0.561. The predicted octanol–water partition coefficient (Wildman–Crippen LogP) is 4.34. The second-order valence-corrected chi connectivity index (χ2v) is 12.8. The van der Waals surface area contributed by atoms with E-state index in [0.29, 0.717) is 48.8 Å². The minimum absolute atomic E-state index is 0.0120. The summed E-state index contributed by atoms with van der Waals surface area (Å²) in [5.74, 6) is 1.76. The van der Waals surface area contributed by atoms with Gasteiger partial charge in [0.15, 0.2) is 17.5 Å². The molecule has 0 bridgehead atoms. The molecule has 2 aliphatic rings. The first-order valence-electron chi connectivity index (χ1n) is 16.3. The zero-order valence-electron chi connectivity index (χ0n) is 26.6. The number of esters is 1. The molecule has 7 unspecified atom stereocenters. The molecule has 0 radical (unpaired) electrons. The lowest BCUT2D eigenvalue weighted by Crippen LogP contribution is -2.43. The van der Waals surface area contributed by atoms with E-state index < -0.39 is 12.2 Å². The molecule has 1 saturated carbocycles. The van der Waals surface area contributed by atoms with Crippen LogP contribution in [0.5, 0.6) is 11.5 Å². The van der Waals surface area contributed by atoms with Crippen molar-refractivity contribution in [2.24, 2.45) is 28.5 Å². The fourth-order valence-corrected chi connectivity index (χ4v) is 6.77. The second-order valence-electron chi connectivity index (χ2n) is 12.8. The fraction of sp³-hybridized carbons (Fsp3) is 0.600. The summed E-state index contributed by atoms with van der Waals surface area (Å²) in [4.78, 5) is 15.9. The molecule has 6 N–H and O–H groups in total. The van der Waals surface area contributed by atoms with Gasteiger partial charge in [-0.3, -0.25) is 9.79 Å². The van der Waals surface area contributed by atoms with Crippen molar-refractivity contribution in [2.75, 3.05) is 20.1 Å². The number of phenolic OH excluding ortho intramolecular Hbond substituents is 1. The number of carbonyl (C=O) groups is 1. The van der Waals surface area contributed by atoms with Crippen LogP contribution in [0.3, 0.4) is 0 Å². The number of ether oxygens (including phenoxy) is 2. The molecule has 2 fully saturated rings. The molecule has 4 rings (SSSR count). The molecule has 1 saturated heterocycles. The highest BCUT2D eigenvalue weighted by Gasteiger charge is 2.33. The summed E-state index contributed by atoms with van der Waals surface area (Å²) in [7, 11) is 1.66. The standard InChI is InChI=1S/C35H52N4O5/c1-23-9-12-27(19-28(23)22-39-35(36)37-3)33(42)21-30(43-24(2)40)13-10-26-11-14-32(41)34(18-26)44-31-15-16-38-29(20-31)17-25-7-5-4-6-8-25/h4-8,11,14,18,23,27-31,33,38,41-42H,9-10,12-13,15-17,19-22H2,1-3H3,(H3,36,37,39). The Morgan fingerprint density at radius 1 is 1.14 bits per heavy atom. The van der Waals surface area contributed by atoms with Crippen molar-refractivity contribution in [1.29, 1.82) is 0 Å². The minimum Gasteiger partial charge on any atom is -0.504 e. The summed E-state index contributed by atoms with van der Waals surface area (Å²) < 4.78 is 12.0. The summed E-state index contributed by atoms with van der Waals surface area (Å²) in [6.45, 7) is 5.27. The van der Waals surface area contributed by atoms with E-state index in [0.717, 1.165) is 57.2 Å². The molecule has 242 valence electrons. The van der Waals surface area contributed by atoms with Crippen LogP contribution >= 0.6 is 0 Å². The van der Waals surface area contributed by atoms with Crippen molar-refractivity contribution in [3.8, 4) is 11.5 Å². The molecule has 0 spiro atoms. The second kappa shape index (κ2) is 16.7. The number of guanidine groups is 1. The third-order valence-electron chi connectivity index (χ3n) is 9.41. The SMILES string of the molecule is CN=C(N)NCC1CC(C(O)CC(CCc2ccc(O)c(OC3CCNC(Cc4ccccc4)C3)c2)OC(C)=O)CCC1C. The van der Waals surface area contributed by atoms with E-state index in [-0.39, 0.29) is 23.7 Å². The predicted molar refractivity (Wildman–Crippen MR) is 174 cm³/mol. The number of aryl methyl sites for hydroxylation is 1. The number of aliphatic hydroxyl groups is 1. The lowest BCUT2D eigenvalue weighted by atomic mass is 9.72. The van der Waals surface area contributed by atoms with Gasteiger partial charge in [-0.05, 0) is 92.5 Å². The Morgan fingerprint density at radius 2 is 1.93 bits per heavy atom. The maximum atomic E-state index is 12.0. The van der Waals surface area contributed by atoms with E-state index in [1.54, 1.807) is 13.1 Å². The summed E-state index contributed by atoms with van der Waals surface area (Å²) in [5, 5.41) is 28.6. The Bertz CT molecular complexity index is 1210. The van der Waals surface area contributed by atoms with E-state index in [1.165, 1.54) is 12.5 Å². The van der Waals surface area contributed by atoms with Gasteiger partial charge in [0.1, 0.15) is 12.2 Å². The van der Waals surface area contributed by atoms with Crippen LogP contribution in [-0.2, 0) is 22.4 Å². The number of nitrogens with one attached hydrogen (secondary N) is 2. The van der Waals surface area contributed by atoms with Crippen LogP contribution in [0, 0.1) is 17.8 Å². The maximum Gasteiger partial charge on any atom is 0.302 e. The van der Waals surface area contributed by atoms with Crippen LogP contribution < -0.4 is 21.1 Å². The molecule has 0 aromatic heterocycles. The van der Waals surface area contributed by atoms with Crippen LogP contribution in [-0.4, -0.2) is 66.6 Å². The Kier molecular flexibility index (Phi) is 12.7. The van der Waals surface area contributed by atoms with Crippen LogP contribution in [0.1, 0.15) is 69.9 Å². The van der Waals surface area contributed by atoms with E-state index in [4.69, 9.17) is 15.2 Å². The molecule has 9 heteroatoms. The number of hydrogen-bond donors (Lipinski definition) is 5. The van der Waals surface area contributed by atoms with Gasteiger partial charge >= 0.3 is 5.97 Å². The van der Waals surface area contributed by atoms with E-state index >= 15 is 0 Å². The van der Waals surface area contributed by atoms with E-state index in [2.05, 4.69) is 46.8 Å². The van der Waals surface area contributed by atoms with Gasteiger partial charge in [0.2, 0.25) is 0 Å². The van der Waals surface area contributed by atoms with Gasteiger partial charge in [-0.1, -0.05) is 49.7 Å². The van der Waals surface area contributed by atoms with E-state index in [1.807, 2.05) is 18.2 Å². The Hall–Kier alpha value is -3.30. The quantitative estimate of drug-likeness (QED) is 0.129. The molecular weight excluding hydrogens is 556 g/mol. The van der Waals surface area contributed by atoms with Crippen LogP contribution in [0.4, 0.5) is 0 Å². The molecule has 9 nitrogen and oxygen atoms in total. The molecule has 2 aromatic carbocycles. The van der Waals surface area contributed by atoms with Gasteiger partial charge in [0, 0.05) is 33.0 Å². The van der Waals surface area contributed by atoms with Gasteiger partial charge in [-0.25, -0.2) is 0 Å². The van der Waals surface area contributed by atoms with Gasteiger partial charge in [0.25, 0.3) is 0 Å². The Balaban J connectivity index is 1.31. The number of benzene rings is 2. The largest absolute Gasteiger partial charge is 0.504 e. The summed E-state index contributed by atoms with van der Waals surface area (Å²) in [6, 6.07) is 16.2. The zero-order valence-corrected chi connectivity index (χ0v) is 26.6. The first kappa shape index (κ1) is 33.6. The Labute approximate surface area is 262 Å². The number of nitrogens with two attached hydrogens (primary N) is 1. The number of aromatic hydroxyl groups is 1. The van der Waals surface area contributed by atoms with Crippen LogP contribution in [0.25, 0.3) is 0 Å². The van der Waals surface area contributed by atoms with Crippen molar-refractivity contribution in [2.45, 2.75) is 96.0 Å². The number of carbonyl (C=O) groups excluding carboxylic acids is 1. The molecule has 1 aliphatic heterocycles. The molecule has 1 aliphatic carbocycles. The molecule has 44 heavy (non-hydrogen) atoms. The summed E-state index contributed by atoms with van der Waals surface area (Å²) in [6.07, 6.45) is 6.21. The number of piperidine rings is 1. The maximum absolute atomic E-state index is 12.0. The molecular formula is C35H52N4O5. The number of aliphatic hydroxyl groups excluding tert-OH is 1. The lowest BCUT2D eigenvalue weighted by Gasteiger charge is -2.37. The smallest absolute Gasteiger partial charge is 0.302 e. The molecule has 1 heterocycles. The van der Waals surface area contributed by atoms with Crippen molar-refractivity contribution >= 4 is 11.9 Å². The first-order valence-corrected chi connectivity index (χ1v) is 16.3. The van der Waals surface area contributed by atoms with Gasteiger partial charge in [0.05, 0.1) is 6.10 Å². The number of phenols is 1. The lowest BCUT2D eigenvalue weighted by molar-refractivity contribution is -0.148. The number of rotatable bonds is 13. The molecule has 2 aromatic rings. The molecule has 0 amide bonds. The highest BCUT2D eigenvalue weighted by molar-refractivity contribution is 5.77. The molecule has 7 atom stereocenters. The van der Waals surface area contributed by atoms with E-state index in [9.17, 15) is 15.0 Å². The van der Waals surface area contributed by atoms with Crippen LogP contribution in [0.15, 0.2) is 53.5 Å². The van der Waals surface area contributed by atoms with Crippen molar-refractivity contribution in [1.82, 2.24) is 10.6 Å². The average Bonchev–Trinajstić information content (AvgIpc) is 3.01. The topological polar surface area (TPSA) is 138 Å². The fourth-order valence-electron chi connectivity index (χ4n) is 6.77. The first-order chi connectivity index (χ1) is 21.2. The van der Waals surface area contributed by atoms with Crippen molar-refractivity contribution in [3.63, 3.8) is 0 Å². The van der Waals surface area contributed by atoms with Gasteiger partial charge in [-0.15, -0.1) is 0 Å². The third-order valence-corrected chi connectivity index (χ3v) is 9.41. The third kappa shape index (κ3) is 10.4. The summed E-state index contributed by atoms with van der Waals surface area (Å²) in [5.41, 5.74) is 8.12. The van der Waals surface area contributed by atoms with Crippen molar-refractivity contribution in [3.05, 3.63) is 59.7 Å². The normalized spacial score (nSPS) is 25.5. The number of aliphatic imine (C=N–C) groups is 1. The van der Waals surface area contributed by atoms with Gasteiger partial charge in [-0.2, -0.15) is 0 Å². The van der Waals surface area contributed by atoms with Crippen molar-refractivity contribution < 1.29 is 24.5 Å². The average molecular weight is 609 g/mol. The monoisotopic (exact) mass is 608 g/mol. The highest BCUT2D eigenvalue weighted by atomic mass is 16.5. The zero-order chi connectivity index (χ0) is 31.5. The van der Waals surface area contributed by atoms with Crippen LogP contribution in [0.2, 0.25) is 0 Å². The van der Waals surface area contributed by atoms with Gasteiger partial charge < -0.3 is 36.1 Å². The summed E-state index contributed by atoms with van der Waals surface area (Å²) >= 11 is 0. The highest BCUT2D eigenvalue weighted by Crippen LogP contribution is 2.37.